The van der Waals surface area contributed by atoms with Crippen LogP contribution in [0.15, 0.2) is 36.4 Å². The lowest BCUT2D eigenvalue weighted by Crippen LogP contribution is -2.28. The molecular formula is C21H16F3N5O4. The van der Waals surface area contributed by atoms with E-state index in [4.69, 9.17) is 9.47 Å². The molecule has 33 heavy (non-hydrogen) atoms. The number of anilines is 2. The molecule has 2 heterocycles. The van der Waals surface area contributed by atoms with Crippen molar-refractivity contribution in [3.63, 3.8) is 0 Å². The maximum absolute atomic E-state index is 12.7. The summed E-state index contributed by atoms with van der Waals surface area (Å²) in [5.41, 5.74) is 1.28. The van der Waals surface area contributed by atoms with Crippen LogP contribution in [0.4, 0.5) is 25.1 Å². The first-order valence-electron chi connectivity index (χ1n) is 9.43. The molecule has 0 saturated heterocycles. The van der Waals surface area contributed by atoms with Crippen LogP contribution in [0.3, 0.4) is 0 Å². The molecule has 0 radical (unpaired) electrons. The van der Waals surface area contributed by atoms with Crippen LogP contribution in [-0.4, -0.2) is 46.3 Å². The molecule has 0 aliphatic heterocycles. The molecule has 2 aromatic carbocycles. The van der Waals surface area contributed by atoms with E-state index in [9.17, 15) is 18.0 Å². The van der Waals surface area contributed by atoms with Gasteiger partial charge in [0.25, 0.3) is 0 Å². The van der Waals surface area contributed by atoms with E-state index in [1.807, 2.05) is 0 Å². The lowest BCUT2D eigenvalue weighted by atomic mass is 10.1. The number of carbonyl (C=O) groups is 1. The highest BCUT2D eigenvalue weighted by atomic mass is 19.4. The van der Waals surface area contributed by atoms with Gasteiger partial charge in [-0.25, -0.2) is 19.7 Å². The molecule has 2 aromatic heterocycles. The lowest BCUT2D eigenvalue weighted by Gasteiger charge is -2.13. The van der Waals surface area contributed by atoms with Crippen LogP contribution in [0.1, 0.15) is 5.69 Å². The molecule has 0 aliphatic carbocycles. The number of methoxy groups -OCH3 is 2. The molecule has 170 valence electrons. The third-order valence-electron chi connectivity index (χ3n) is 4.61. The number of alkyl halides is 3. The first kappa shape index (κ1) is 22.0. The Kier molecular flexibility index (Phi) is 5.58. The highest BCUT2D eigenvalue weighted by Gasteiger charge is 2.42. The second-order valence-electron chi connectivity index (χ2n) is 6.71. The number of nitrogens with one attached hydrogen (secondary N) is 1. The minimum atomic E-state index is -5.19. The first-order chi connectivity index (χ1) is 15.7. The minimum absolute atomic E-state index is 0.0509. The van der Waals surface area contributed by atoms with E-state index in [1.54, 1.807) is 31.2 Å². The molecule has 0 atom stereocenters. The van der Waals surface area contributed by atoms with Gasteiger partial charge in [0.1, 0.15) is 5.52 Å². The summed E-state index contributed by atoms with van der Waals surface area (Å²) in [6.07, 6.45) is -5.19. The second-order valence-corrected chi connectivity index (χ2v) is 6.71. The molecule has 1 N–H and O–H groups in total. The van der Waals surface area contributed by atoms with Crippen molar-refractivity contribution < 1.29 is 32.2 Å². The van der Waals surface area contributed by atoms with Gasteiger partial charge in [-0.05, 0) is 31.2 Å². The number of aromatic nitrogens is 4. The highest BCUT2D eigenvalue weighted by Crippen LogP contribution is 2.36. The highest BCUT2D eigenvalue weighted by molar-refractivity contribution is 5.90. The summed E-state index contributed by atoms with van der Waals surface area (Å²) in [6.45, 7) is 1.75. The fraction of sp³-hybridized carbons (Fsp3) is 0.190. The van der Waals surface area contributed by atoms with E-state index >= 15 is 0 Å². The smallest absolute Gasteiger partial charge is 0.491 e. The van der Waals surface area contributed by atoms with Crippen LogP contribution in [0.25, 0.3) is 21.8 Å². The van der Waals surface area contributed by atoms with Gasteiger partial charge in [-0.3, -0.25) is 5.32 Å². The number of fused-ring (bicyclic) bond motifs is 2. The van der Waals surface area contributed by atoms with Crippen LogP contribution in [0.2, 0.25) is 0 Å². The number of carbonyl (C=O) groups excluding carboxylic acids is 1. The van der Waals surface area contributed by atoms with Gasteiger partial charge in [-0.15, -0.1) is 0 Å². The van der Waals surface area contributed by atoms with Gasteiger partial charge < -0.3 is 14.2 Å². The van der Waals surface area contributed by atoms with E-state index in [-0.39, 0.29) is 22.8 Å². The maximum Gasteiger partial charge on any atom is 0.491 e. The maximum atomic E-state index is 12.7. The monoisotopic (exact) mass is 459 g/mol. The Bertz CT molecular complexity index is 1380. The second kappa shape index (κ2) is 8.37. The summed E-state index contributed by atoms with van der Waals surface area (Å²) in [6, 6.07) is 9.65. The molecule has 4 aromatic rings. The number of nitrogens with zero attached hydrogens (tertiary/aromatic N) is 4. The summed E-state index contributed by atoms with van der Waals surface area (Å²) in [4.78, 5) is 28.4. The first-order valence-corrected chi connectivity index (χ1v) is 9.43. The van der Waals surface area contributed by atoms with Gasteiger partial charge in [0.15, 0.2) is 11.5 Å². The molecule has 0 amide bonds. The number of benzene rings is 2. The van der Waals surface area contributed by atoms with E-state index in [0.717, 1.165) is 0 Å². The van der Waals surface area contributed by atoms with Gasteiger partial charge in [0.05, 0.1) is 30.8 Å². The number of ether oxygens (including phenoxy) is 3. The topological polar surface area (TPSA) is 108 Å². The largest absolute Gasteiger partial charge is 0.493 e. The number of halogens is 3. The summed E-state index contributed by atoms with van der Waals surface area (Å²) in [5.74, 6) is -2.23. The van der Waals surface area contributed by atoms with Gasteiger partial charge >= 0.3 is 12.1 Å². The molecule has 0 unspecified atom stereocenters. The molecule has 0 bridgehead atoms. The minimum Gasteiger partial charge on any atom is -0.493 e. The Morgan fingerprint density at radius 3 is 2.33 bits per heavy atom. The molecule has 0 spiro atoms. The van der Waals surface area contributed by atoms with Crippen LogP contribution >= 0.6 is 0 Å². The van der Waals surface area contributed by atoms with Crippen LogP contribution in [0.5, 0.6) is 17.4 Å². The Hall–Kier alpha value is -4.22. The SMILES string of the molecule is COc1ccc2c(C)nc(Nc3nc(OC(=O)C(F)(F)F)c4ccccc4n3)nc2c1OC. The zero-order chi connectivity index (χ0) is 23.8. The average Bonchev–Trinajstić information content (AvgIpc) is 2.77. The number of rotatable bonds is 5. The molecule has 9 nitrogen and oxygen atoms in total. The summed E-state index contributed by atoms with van der Waals surface area (Å²) in [7, 11) is 2.96. The Balaban J connectivity index is 1.79. The van der Waals surface area contributed by atoms with Crippen molar-refractivity contribution in [1.82, 2.24) is 19.9 Å². The molecule has 0 aliphatic rings. The molecule has 12 heteroatoms. The number of hydrogen-bond acceptors (Lipinski definition) is 9. The third-order valence-corrected chi connectivity index (χ3v) is 4.61. The normalized spacial score (nSPS) is 11.5. The molecule has 4 rings (SSSR count). The van der Waals surface area contributed by atoms with Crippen molar-refractivity contribution in [1.29, 1.82) is 0 Å². The average molecular weight is 459 g/mol. The van der Waals surface area contributed by atoms with Crippen LogP contribution in [-0.2, 0) is 4.79 Å². The molecular weight excluding hydrogens is 443 g/mol. The third kappa shape index (κ3) is 4.27. The van der Waals surface area contributed by atoms with Gasteiger partial charge in [0, 0.05) is 5.39 Å². The predicted octanol–water partition coefficient (Wildman–Crippen LogP) is 4.11. The van der Waals surface area contributed by atoms with E-state index < -0.39 is 18.0 Å². The Labute approximate surface area is 184 Å². The van der Waals surface area contributed by atoms with Crippen molar-refractivity contribution >= 4 is 39.7 Å². The van der Waals surface area contributed by atoms with Crippen molar-refractivity contribution in [3.05, 3.63) is 42.1 Å². The zero-order valence-electron chi connectivity index (χ0n) is 17.5. The number of para-hydroxylation sites is 1. The van der Waals surface area contributed by atoms with Crippen LogP contribution < -0.4 is 19.5 Å². The Morgan fingerprint density at radius 2 is 1.64 bits per heavy atom. The van der Waals surface area contributed by atoms with Crippen LogP contribution in [0, 0.1) is 6.92 Å². The van der Waals surface area contributed by atoms with Crippen molar-refractivity contribution in [2.75, 3.05) is 19.5 Å². The Morgan fingerprint density at radius 1 is 0.909 bits per heavy atom. The van der Waals surface area contributed by atoms with E-state index in [1.165, 1.54) is 26.4 Å². The summed E-state index contributed by atoms with van der Waals surface area (Å²) >= 11 is 0. The quantitative estimate of drug-likeness (QED) is 0.441. The number of aryl methyl sites for hydroxylation is 1. The fourth-order valence-corrected chi connectivity index (χ4v) is 3.15. The summed E-state index contributed by atoms with van der Waals surface area (Å²) in [5, 5.41) is 3.59. The fourth-order valence-electron chi connectivity index (χ4n) is 3.15. The molecule has 0 fully saturated rings. The number of hydrogen-bond donors (Lipinski definition) is 1. The zero-order valence-corrected chi connectivity index (χ0v) is 17.5. The predicted molar refractivity (Wildman–Crippen MR) is 112 cm³/mol. The van der Waals surface area contributed by atoms with Gasteiger partial charge in [-0.2, -0.15) is 18.2 Å². The summed E-state index contributed by atoms with van der Waals surface area (Å²) < 4.78 is 53.4. The molecule has 0 saturated carbocycles. The van der Waals surface area contributed by atoms with Gasteiger partial charge in [-0.1, -0.05) is 12.1 Å². The van der Waals surface area contributed by atoms with Crippen molar-refractivity contribution in [2.45, 2.75) is 13.1 Å². The van der Waals surface area contributed by atoms with Gasteiger partial charge in [0.2, 0.25) is 17.8 Å². The number of esters is 1. The standard InChI is InChI=1S/C21H16F3N5O4/c1-10-11-8-9-14(31-2)16(32-3)15(11)27-19(25-10)29-20-26-13-7-5-4-6-12(13)17(28-20)33-18(30)21(22,23)24/h4-9H,1-3H3,(H,25,26,27,28,29). The van der Waals surface area contributed by atoms with E-state index in [0.29, 0.717) is 28.1 Å². The lowest BCUT2D eigenvalue weighted by molar-refractivity contribution is -0.189. The van der Waals surface area contributed by atoms with Crippen molar-refractivity contribution in [3.8, 4) is 17.4 Å². The van der Waals surface area contributed by atoms with Crippen molar-refractivity contribution in [2.24, 2.45) is 0 Å². The van der Waals surface area contributed by atoms with E-state index in [2.05, 4.69) is 30.0 Å².